The van der Waals surface area contributed by atoms with Gasteiger partial charge in [0.05, 0.1) is 30.2 Å². The van der Waals surface area contributed by atoms with Gasteiger partial charge < -0.3 is 9.64 Å². The number of ether oxygens (including phenoxy) is 1. The van der Waals surface area contributed by atoms with Gasteiger partial charge in [-0.25, -0.2) is 15.5 Å². The van der Waals surface area contributed by atoms with E-state index in [0.717, 1.165) is 22.4 Å². The van der Waals surface area contributed by atoms with E-state index < -0.39 is 5.91 Å². The largest absolute Gasteiger partial charge is 0.494 e. The molecule has 2 aromatic carbocycles. The van der Waals surface area contributed by atoms with Crippen LogP contribution >= 0.6 is 0 Å². The van der Waals surface area contributed by atoms with Gasteiger partial charge in [-0.3, -0.25) is 15.0 Å². The summed E-state index contributed by atoms with van der Waals surface area (Å²) in [6.45, 7) is 0. The van der Waals surface area contributed by atoms with Gasteiger partial charge in [-0.15, -0.1) is 0 Å². The summed E-state index contributed by atoms with van der Waals surface area (Å²) in [5.74, 6) is -0.431. The lowest BCUT2D eigenvalue weighted by atomic mass is 9.99. The molecule has 2 heterocycles. The molecule has 2 aromatic heterocycles. The molecule has 0 spiro atoms. The number of benzene rings is 2. The van der Waals surface area contributed by atoms with Crippen LogP contribution in [0.3, 0.4) is 0 Å². The summed E-state index contributed by atoms with van der Waals surface area (Å²) in [7, 11) is 5.31. The standard InChI is InChI=1S/C25H23N5O3/c1-30(2)15-27-19-10-8-17(9-11-19)16-4-6-18(7-5-16)23-24(33-3)22(25(31)29-32)20-14-26-13-12-21(20)28-23/h4-15,32H,1-3H3,(H,29,31). The molecule has 0 bridgehead atoms. The summed E-state index contributed by atoms with van der Waals surface area (Å²) in [5.41, 5.74) is 6.65. The van der Waals surface area contributed by atoms with Gasteiger partial charge in [-0.05, 0) is 29.3 Å². The van der Waals surface area contributed by atoms with Gasteiger partial charge in [0.1, 0.15) is 5.69 Å². The van der Waals surface area contributed by atoms with Crippen molar-refractivity contribution in [2.24, 2.45) is 4.99 Å². The lowest BCUT2D eigenvalue weighted by Gasteiger charge is -2.15. The lowest BCUT2D eigenvalue weighted by molar-refractivity contribution is 0.0705. The zero-order valence-electron chi connectivity index (χ0n) is 18.5. The third-order valence-corrected chi connectivity index (χ3v) is 5.07. The van der Waals surface area contributed by atoms with E-state index >= 15 is 0 Å². The average molecular weight is 441 g/mol. The molecule has 1 amide bonds. The summed E-state index contributed by atoms with van der Waals surface area (Å²) in [5, 5.41) is 9.75. The normalized spacial score (nSPS) is 11.0. The number of nitrogens with one attached hydrogen (secondary N) is 1. The number of amides is 1. The first-order valence-electron chi connectivity index (χ1n) is 10.2. The maximum atomic E-state index is 12.4. The molecule has 0 aliphatic carbocycles. The van der Waals surface area contributed by atoms with Crippen molar-refractivity contribution >= 4 is 28.8 Å². The summed E-state index contributed by atoms with van der Waals surface area (Å²) in [6.07, 6.45) is 4.88. The van der Waals surface area contributed by atoms with Crippen LogP contribution in [0.4, 0.5) is 5.69 Å². The third-order valence-electron chi connectivity index (χ3n) is 5.07. The van der Waals surface area contributed by atoms with Gasteiger partial charge in [0.25, 0.3) is 5.91 Å². The van der Waals surface area contributed by atoms with E-state index in [-0.39, 0.29) is 11.3 Å². The minimum absolute atomic E-state index is 0.172. The molecule has 0 radical (unpaired) electrons. The van der Waals surface area contributed by atoms with Gasteiger partial charge in [0.2, 0.25) is 0 Å². The Morgan fingerprint density at radius 3 is 2.27 bits per heavy atom. The monoisotopic (exact) mass is 441 g/mol. The molecule has 8 heteroatoms. The molecule has 0 aliphatic heterocycles. The van der Waals surface area contributed by atoms with Gasteiger partial charge in [0, 0.05) is 37.4 Å². The number of aliphatic imine (C=N–C) groups is 1. The van der Waals surface area contributed by atoms with Crippen molar-refractivity contribution < 1.29 is 14.7 Å². The summed E-state index contributed by atoms with van der Waals surface area (Å²) < 4.78 is 5.55. The Kier molecular flexibility index (Phi) is 6.28. The van der Waals surface area contributed by atoms with E-state index in [4.69, 9.17) is 9.72 Å². The molecule has 166 valence electrons. The SMILES string of the molecule is COc1c(-c2ccc(-c3ccc(N=CN(C)C)cc3)cc2)nc2ccncc2c1C(=O)NO. The molecule has 0 atom stereocenters. The highest BCUT2D eigenvalue weighted by molar-refractivity contribution is 6.09. The highest BCUT2D eigenvalue weighted by Gasteiger charge is 2.22. The van der Waals surface area contributed by atoms with Gasteiger partial charge >= 0.3 is 0 Å². The Balaban J connectivity index is 1.73. The number of rotatable bonds is 6. The van der Waals surface area contributed by atoms with Crippen molar-refractivity contribution in [3.63, 3.8) is 0 Å². The van der Waals surface area contributed by atoms with Crippen molar-refractivity contribution in [3.05, 3.63) is 72.6 Å². The fourth-order valence-electron chi connectivity index (χ4n) is 3.51. The zero-order chi connectivity index (χ0) is 23.4. The second kappa shape index (κ2) is 9.46. The van der Waals surface area contributed by atoms with Gasteiger partial charge in [-0.2, -0.15) is 0 Å². The van der Waals surface area contributed by atoms with Crippen LogP contribution in [0.2, 0.25) is 0 Å². The predicted octanol–water partition coefficient (Wildman–Crippen LogP) is 4.31. The molecule has 33 heavy (non-hydrogen) atoms. The quantitative estimate of drug-likeness (QED) is 0.200. The summed E-state index contributed by atoms with van der Waals surface area (Å²) >= 11 is 0. The van der Waals surface area contributed by atoms with Crippen LogP contribution in [0.5, 0.6) is 5.75 Å². The zero-order valence-corrected chi connectivity index (χ0v) is 18.5. The Morgan fingerprint density at radius 2 is 1.67 bits per heavy atom. The Labute approximate surface area is 191 Å². The average Bonchev–Trinajstić information content (AvgIpc) is 2.86. The fourth-order valence-corrected chi connectivity index (χ4v) is 3.51. The van der Waals surface area contributed by atoms with E-state index in [1.54, 1.807) is 24.1 Å². The summed E-state index contributed by atoms with van der Waals surface area (Å²) in [4.78, 5) is 27.5. The van der Waals surface area contributed by atoms with Crippen LogP contribution in [0, 0.1) is 0 Å². The van der Waals surface area contributed by atoms with Crippen LogP contribution < -0.4 is 10.2 Å². The van der Waals surface area contributed by atoms with Crippen LogP contribution in [-0.2, 0) is 0 Å². The molecule has 0 fully saturated rings. The second-order valence-electron chi connectivity index (χ2n) is 7.53. The molecule has 8 nitrogen and oxygen atoms in total. The first kappa shape index (κ1) is 21.9. The lowest BCUT2D eigenvalue weighted by Crippen LogP contribution is -2.20. The molecule has 2 N–H and O–H groups in total. The molecule has 4 aromatic rings. The van der Waals surface area contributed by atoms with E-state index in [9.17, 15) is 10.0 Å². The van der Waals surface area contributed by atoms with E-state index in [1.165, 1.54) is 13.3 Å². The van der Waals surface area contributed by atoms with Gasteiger partial charge in [-0.1, -0.05) is 36.4 Å². The first-order valence-corrected chi connectivity index (χ1v) is 10.2. The predicted molar refractivity (Wildman–Crippen MR) is 128 cm³/mol. The second-order valence-corrected chi connectivity index (χ2v) is 7.53. The Morgan fingerprint density at radius 1 is 1.03 bits per heavy atom. The van der Waals surface area contributed by atoms with E-state index in [1.807, 2.05) is 67.5 Å². The van der Waals surface area contributed by atoms with Crippen LogP contribution in [0.15, 0.2) is 72.0 Å². The smallest absolute Gasteiger partial charge is 0.279 e. The third kappa shape index (κ3) is 4.51. The molecule has 0 aliphatic rings. The fraction of sp³-hybridized carbons (Fsp3) is 0.120. The van der Waals surface area contributed by atoms with Crippen LogP contribution in [0.1, 0.15) is 10.4 Å². The number of hydrogen-bond donors (Lipinski definition) is 2. The molecule has 4 rings (SSSR count). The first-order chi connectivity index (χ1) is 16.0. The number of methoxy groups -OCH3 is 1. The van der Waals surface area contributed by atoms with Crippen molar-refractivity contribution in [3.8, 4) is 28.1 Å². The number of aromatic nitrogens is 2. The number of hydrogen-bond acceptors (Lipinski definition) is 6. The number of carbonyl (C=O) groups is 1. The molecular formula is C25H23N5O3. The minimum Gasteiger partial charge on any atom is -0.494 e. The maximum Gasteiger partial charge on any atom is 0.279 e. The minimum atomic E-state index is -0.692. The number of carbonyl (C=O) groups excluding carboxylic acids is 1. The number of nitrogens with zero attached hydrogens (tertiary/aromatic N) is 4. The highest BCUT2D eigenvalue weighted by atomic mass is 16.5. The van der Waals surface area contributed by atoms with Crippen molar-refractivity contribution in [2.75, 3.05) is 21.2 Å². The van der Waals surface area contributed by atoms with Gasteiger partial charge in [0.15, 0.2) is 5.75 Å². The molecule has 0 saturated heterocycles. The van der Waals surface area contributed by atoms with E-state index in [2.05, 4.69) is 9.98 Å². The van der Waals surface area contributed by atoms with Crippen molar-refractivity contribution in [1.82, 2.24) is 20.3 Å². The topological polar surface area (TPSA) is 99.9 Å². The van der Waals surface area contributed by atoms with Crippen LogP contribution in [-0.4, -0.2) is 53.5 Å². The van der Waals surface area contributed by atoms with Crippen molar-refractivity contribution in [2.45, 2.75) is 0 Å². The Bertz CT molecular complexity index is 1320. The van der Waals surface area contributed by atoms with Crippen molar-refractivity contribution in [1.29, 1.82) is 0 Å². The molecular weight excluding hydrogens is 418 g/mol. The van der Waals surface area contributed by atoms with Crippen LogP contribution in [0.25, 0.3) is 33.3 Å². The number of hydroxylamine groups is 1. The Hall–Kier alpha value is -4.30. The summed E-state index contributed by atoms with van der Waals surface area (Å²) in [6, 6.07) is 17.5. The number of fused-ring (bicyclic) bond motifs is 1. The van der Waals surface area contributed by atoms with E-state index in [0.29, 0.717) is 16.6 Å². The maximum absolute atomic E-state index is 12.4. The number of pyridine rings is 2. The highest BCUT2D eigenvalue weighted by Crippen LogP contribution is 2.36. The molecule has 0 unspecified atom stereocenters. The molecule has 0 saturated carbocycles.